The van der Waals surface area contributed by atoms with Crippen molar-refractivity contribution >= 4 is 17.6 Å². The minimum atomic E-state index is -4.66. The Morgan fingerprint density at radius 3 is 2.54 bits per heavy atom. The van der Waals surface area contributed by atoms with Crippen molar-refractivity contribution in [1.82, 2.24) is 10.1 Å². The van der Waals surface area contributed by atoms with Crippen molar-refractivity contribution in [3.05, 3.63) is 47.2 Å². The summed E-state index contributed by atoms with van der Waals surface area (Å²) < 4.78 is 43.6. The van der Waals surface area contributed by atoms with Crippen molar-refractivity contribution in [3.8, 4) is 0 Å². The smallest absolute Gasteiger partial charge is 0.360 e. The van der Waals surface area contributed by atoms with E-state index in [1.165, 1.54) is 25.2 Å². The monoisotopic (exact) mass is 341 g/mol. The van der Waals surface area contributed by atoms with Crippen LogP contribution in [-0.4, -0.2) is 35.5 Å². The average molecular weight is 341 g/mol. The summed E-state index contributed by atoms with van der Waals surface area (Å²) in [6.07, 6.45) is -4.66. The van der Waals surface area contributed by atoms with Gasteiger partial charge in [0.15, 0.2) is 5.82 Å². The molecule has 0 saturated heterocycles. The first-order chi connectivity index (χ1) is 11.2. The molecule has 24 heavy (non-hydrogen) atoms. The lowest BCUT2D eigenvalue weighted by Gasteiger charge is -2.19. The Bertz CT molecular complexity index is 756. The predicted octanol–water partition coefficient (Wildman–Crippen LogP) is 2.71. The Labute approximate surface area is 135 Å². The van der Waals surface area contributed by atoms with E-state index in [0.717, 1.165) is 17.0 Å². The predicted molar refractivity (Wildman–Crippen MR) is 78.3 cm³/mol. The largest absolute Gasteiger partial charge is 0.417 e. The molecule has 0 unspecified atom stereocenters. The van der Waals surface area contributed by atoms with Gasteiger partial charge < -0.3 is 14.7 Å². The third kappa shape index (κ3) is 4.12. The number of carbonyl (C=O) groups excluding carboxylic acids is 2. The number of aryl methyl sites for hydroxylation is 1. The Balaban J connectivity index is 2.09. The molecule has 0 aliphatic carbocycles. The van der Waals surface area contributed by atoms with Gasteiger partial charge in [0.1, 0.15) is 5.76 Å². The third-order valence-corrected chi connectivity index (χ3v) is 3.09. The number of carbonyl (C=O) groups is 2. The van der Waals surface area contributed by atoms with E-state index in [-0.39, 0.29) is 5.82 Å². The molecule has 9 heteroatoms. The number of aromatic nitrogens is 1. The van der Waals surface area contributed by atoms with Gasteiger partial charge in [-0.1, -0.05) is 17.3 Å². The van der Waals surface area contributed by atoms with E-state index in [9.17, 15) is 22.8 Å². The maximum atomic E-state index is 13.0. The molecule has 2 rings (SSSR count). The van der Waals surface area contributed by atoms with Gasteiger partial charge in [-0.25, -0.2) is 0 Å². The zero-order valence-corrected chi connectivity index (χ0v) is 12.8. The van der Waals surface area contributed by atoms with Crippen LogP contribution in [0.15, 0.2) is 34.9 Å². The van der Waals surface area contributed by atoms with Crippen LogP contribution in [0.3, 0.4) is 0 Å². The van der Waals surface area contributed by atoms with Crippen LogP contribution in [0.4, 0.5) is 19.0 Å². The first kappa shape index (κ1) is 17.5. The van der Waals surface area contributed by atoms with E-state index in [0.29, 0.717) is 5.76 Å². The fraction of sp³-hybridized carbons (Fsp3) is 0.267. The number of anilines is 1. The zero-order chi connectivity index (χ0) is 17.9. The van der Waals surface area contributed by atoms with Crippen molar-refractivity contribution in [2.75, 3.05) is 18.9 Å². The minimum absolute atomic E-state index is 0.161. The van der Waals surface area contributed by atoms with Gasteiger partial charge in [0.2, 0.25) is 5.91 Å². The summed E-state index contributed by atoms with van der Waals surface area (Å²) in [5, 5.41) is 5.94. The number of nitrogens with one attached hydrogen (secondary N) is 1. The molecule has 0 fully saturated rings. The first-order valence-corrected chi connectivity index (χ1v) is 6.83. The molecule has 1 heterocycles. The Hall–Kier alpha value is -2.84. The topological polar surface area (TPSA) is 75.4 Å². The molecule has 0 aliphatic rings. The molecule has 0 bridgehead atoms. The van der Waals surface area contributed by atoms with E-state index >= 15 is 0 Å². The van der Waals surface area contributed by atoms with E-state index < -0.39 is 35.7 Å². The summed E-state index contributed by atoms with van der Waals surface area (Å²) >= 11 is 0. The van der Waals surface area contributed by atoms with Crippen molar-refractivity contribution in [2.45, 2.75) is 13.1 Å². The van der Waals surface area contributed by atoms with Gasteiger partial charge in [0.25, 0.3) is 5.91 Å². The van der Waals surface area contributed by atoms with Gasteiger partial charge >= 0.3 is 6.18 Å². The van der Waals surface area contributed by atoms with Gasteiger partial charge in [-0.15, -0.1) is 0 Å². The number of likely N-dealkylation sites (N-methyl/N-ethyl adjacent to an activating group) is 1. The number of nitrogens with zero attached hydrogens (tertiary/aromatic N) is 2. The van der Waals surface area contributed by atoms with E-state index in [1.807, 2.05) is 0 Å². The molecule has 0 spiro atoms. The number of rotatable bonds is 4. The lowest BCUT2D eigenvalue weighted by atomic mass is 10.1. The van der Waals surface area contributed by atoms with Crippen molar-refractivity contribution in [3.63, 3.8) is 0 Å². The van der Waals surface area contributed by atoms with E-state index in [1.54, 1.807) is 6.92 Å². The van der Waals surface area contributed by atoms with Crippen LogP contribution >= 0.6 is 0 Å². The lowest BCUT2D eigenvalue weighted by molar-refractivity contribution is -0.138. The summed E-state index contributed by atoms with van der Waals surface area (Å²) in [6.45, 7) is 1.20. The highest BCUT2D eigenvalue weighted by Gasteiger charge is 2.35. The van der Waals surface area contributed by atoms with Crippen LogP contribution in [0.5, 0.6) is 0 Å². The fourth-order valence-electron chi connectivity index (χ4n) is 2.02. The summed E-state index contributed by atoms with van der Waals surface area (Å²) in [4.78, 5) is 25.0. The Kier molecular flexibility index (Phi) is 4.91. The van der Waals surface area contributed by atoms with Crippen molar-refractivity contribution in [1.29, 1.82) is 0 Å². The second kappa shape index (κ2) is 6.73. The number of amides is 2. The lowest BCUT2D eigenvalue weighted by Crippen LogP contribution is -2.35. The van der Waals surface area contributed by atoms with Crippen LogP contribution in [-0.2, 0) is 11.0 Å². The Morgan fingerprint density at radius 2 is 1.96 bits per heavy atom. The quantitative estimate of drug-likeness (QED) is 0.928. The molecule has 1 aromatic carbocycles. The maximum Gasteiger partial charge on any atom is 0.417 e. The van der Waals surface area contributed by atoms with Crippen LogP contribution in [0, 0.1) is 6.92 Å². The molecule has 0 radical (unpaired) electrons. The fourth-order valence-corrected chi connectivity index (χ4v) is 2.02. The number of hydrogen-bond acceptors (Lipinski definition) is 4. The number of halogens is 3. The van der Waals surface area contributed by atoms with Gasteiger partial charge in [0, 0.05) is 13.1 Å². The number of hydrogen-bond donors (Lipinski definition) is 1. The van der Waals surface area contributed by atoms with Crippen LogP contribution < -0.4 is 5.32 Å². The summed E-state index contributed by atoms with van der Waals surface area (Å²) in [5.74, 6) is -0.874. The molecular weight excluding hydrogens is 327 g/mol. The molecule has 128 valence electrons. The van der Waals surface area contributed by atoms with Gasteiger partial charge in [-0.2, -0.15) is 13.2 Å². The molecule has 1 N–H and O–H groups in total. The Morgan fingerprint density at radius 1 is 1.29 bits per heavy atom. The summed E-state index contributed by atoms with van der Waals surface area (Å²) in [5.41, 5.74) is -1.56. The molecule has 0 atom stereocenters. The second-order valence-corrected chi connectivity index (χ2v) is 5.08. The van der Waals surface area contributed by atoms with Gasteiger partial charge in [-0.05, 0) is 19.1 Å². The van der Waals surface area contributed by atoms with Crippen molar-refractivity contribution in [2.24, 2.45) is 0 Å². The standard InChI is InChI=1S/C15H14F3N3O3/c1-9-7-12(20-24-9)19-13(22)8-21(2)14(23)10-5-3-4-6-11(10)15(16,17)18/h3-7H,8H2,1-2H3,(H,19,20,22). The zero-order valence-electron chi connectivity index (χ0n) is 12.8. The first-order valence-electron chi connectivity index (χ1n) is 6.83. The highest BCUT2D eigenvalue weighted by Crippen LogP contribution is 2.32. The average Bonchev–Trinajstić information content (AvgIpc) is 2.90. The summed E-state index contributed by atoms with van der Waals surface area (Å²) in [7, 11) is 1.24. The molecule has 0 saturated carbocycles. The molecule has 6 nitrogen and oxygen atoms in total. The van der Waals surface area contributed by atoms with Gasteiger partial charge in [-0.3, -0.25) is 9.59 Å². The minimum Gasteiger partial charge on any atom is -0.360 e. The molecule has 0 aliphatic heterocycles. The highest BCUT2D eigenvalue weighted by molar-refractivity contribution is 5.99. The highest BCUT2D eigenvalue weighted by atomic mass is 19.4. The van der Waals surface area contributed by atoms with E-state index in [4.69, 9.17) is 4.52 Å². The van der Waals surface area contributed by atoms with Crippen molar-refractivity contribution < 1.29 is 27.3 Å². The van der Waals surface area contributed by atoms with Crippen LogP contribution in [0.25, 0.3) is 0 Å². The normalized spacial score (nSPS) is 11.2. The summed E-state index contributed by atoms with van der Waals surface area (Å²) in [6, 6.07) is 5.88. The van der Waals surface area contributed by atoms with Crippen LogP contribution in [0.2, 0.25) is 0 Å². The SMILES string of the molecule is Cc1cc(NC(=O)CN(C)C(=O)c2ccccc2C(F)(F)F)no1. The maximum absolute atomic E-state index is 13.0. The van der Waals surface area contributed by atoms with Crippen LogP contribution in [0.1, 0.15) is 21.7 Å². The third-order valence-electron chi connectivity index (χ3n) is 3.09. The number of benzene rings is 1. The molecule has 2 aromatic rings. The molecular formula is C15H14F3N3O3. The second-order valence-electron chi connectivity index (χ2n) is 5.08. The van der Waals surface area contributed by atoms with Gasteiger partial charge in [0.05, 0.1) is 17.7 Å². The number of alkyl halides is 3. The molecule has 1 aromatic heterocycles. The molecule has 2 amide bonds. The van der Waals surface area contributed by atoms with E-state index in [2.05, 4.69) is 10.5 Å².